The number of fused-ring (bicyclic) bond motifs is 1. The van der Waals surface area contributed by atoms with E-state index >= 15 is 0 Å². The largest absolute Gasteiger partial charge is 0.496 e. The van der Waals surface area contributed by atoms with E-state index in [1.54, 1.807) is 35.9 Å². The summed E-state index contributed by atoms with van der Waals surface area (Å²) in [6.07, 6.45) is 2.87. The molecule has 0 spiro atoms. The van der Waals surface area contributed by atoms with Crippen molar-refractivity contribution in [1.82, 2.24) is 24.3 Å². The predicted octanol–water partition coefficient (Wildman–Crippen LogP) is 2.99. The van der Waals surface area contributed by atoms with Crippen molar-refractivity contribution < 1.29 is 23.8 Å². The van der Waals surface area contributed by atoms with Crippen molar-refractivity contribution in [3.63, 3.8) is 0 Å². The first-order valence-corrected chi connectivity index (χ1v) is 13.3. The maximum atomic E-state index is 14.2. The van der Waals surface area contributed by atoms with Gasteiger partial charge in [0, 0.05) is 61.5 Å². The maximum absolute atomic E-state index is 14.2. The van der Waals surface area contributed by atoms with Crippen molar-refractivity contribution in [2.24, 2.45) is 0 Å². The van der Waals surface area contributed by atoms with Gasteiger partial charge in [0.25, 0.3) is 5.56 Å². The zero-order chi connectivity index (χ0) is 29.7. The van der Waals surface area contributed by atoms with Gasteiger partial charge < -0.3 is 19.1 Å². The van der Waals surface area contributed by atoms with E-state index in [1.165, 1.54) is 13.2 Å². The lowest BCUT2D eigenvalue weighted by Gasteiger charge is -2.34. The van der Waals surface area contributed by atoms with Crippen LogP contribution >= 0.6 is 0 Å². The minimum atomic E-state index is -0.710. The molecule has 2 aromatic heterocycles. The summed E-state index contributed by atoms with van der Waals surface area (Å²) in [6, 6.07) is 3.57. The minimum absolute atomic E-state index is 0.0312. The van der Waals surface area contributed by atoms with Crippen LogP contribution in [-0.2, 0) is 16.1 Å². The number of carbonyl (C=O) groups is 2. The topological polar surface area (TPSA) is 128 Å². The Morgan fingerprint density at radius 1 is 1.02 bits per heavy atom. The van der Waals surface area contributed by atoms with E-state index in [0.29, 0.717) is 54.2 Å². The smallest absolute Gasteiger partial charge is 0.413 e. The molecule has 0 aliphatic carbocycles. The first kappa shape index (κ1) is 29.5. The number of benzene rings is 1. The Hall–Kier alpha value is -4.45. The highest BCUT2D eigenvalue weighted by atomic mass is 16.5. The van der Waals surface area contributed by atoms with Gasteiger partial charge in [-0.1, -0.05) is 6.58 Å². The van der Waals surface area contributed by atoms with E-state index in [1.807, 2.05) is 19.9 Å². The summed E-state index contributed by atoms with van der Waals surface area (Å²) >= 11 is 0. The van der Waals surface area contributed by atoms with E-state index < -0.39 is 6.09 Å². The lowest BCUT2D eigenvalue weighted by atomic mass is 9.94. The molecule has 1 aromatic carbocycles. The molecule has 0 radical (unpaired) electrons. The third kappa shape index (κ3) is 6.17. The van der Waals surface area contributed by atoms with Crippen LogP contribution in [0.1, 0.15) is 17.5 Å². The van der Waals surface area contributed by atoms with Gasteiger partial charge in [-0.3, -0.25) is 24.4 Å². The van der Waals surface area contributed by atoms with Crippen LogP contribution in [0.2, 0.25) is 0 Å². The predicted molar refractivity (Wildman–Crippen MR) is 156 cm³/mol. The molecule has 4 rings (SSSR count). The standard InChI is InChI=1S/C29H36N6O6/c1-7-24(36)34-13-11-33(12-14-34)9-8-10-35-26-20(17-30-28(31-26)32-29(38)41-6)15-21(27(35)37)25-18(2)22(39-4)16-23(40-5)19(25)3/h7,15-17H,1,8-14H2,2-6H3,(H,30,31,32,38). The zero-order valence-electron chi connectivity index (χ0n) is 24.2. The van der Waals surface area contributed by atoms with Crippen molar-refractivity contribution >= 4 is 29.0 Å². The zero-order valence-corrected chi connectivity index (χ0v) is 24.2. The van der Waals surface area contributed by atoms with E-state index in [9.17, 15) is 14.4 Å². The number of methoxy groups -OCH3 is 3. The number of nitrogens with one attached hydrogen (secondary N) is 1. The molecule has 0 unspecified atom stereocenters. The number of rotatable bonds is 9. The van der Waals surface area contributed by atoms with Crippen LogP contribution in [0.25, 0.3) is 22.2 Å². The molecule has 1 saturated heterocycles. The SMILES string of the molecule is C=CC(=O)N1CCN(CCCn2c(=O)c(-c3c(C)c(OC)cc(OC)c3C)cc3cnc(NC(=O)OC)nc32)CC1. The second-order valence-electron chi connectivity index (χ2n) is 9.73. The van der Waals surface area contributed by atoms with Crippen LogP contribution in [0.15, 0.2) is 35.8 Å². The number of aryl methyl sites for hydroxylation is 1. The third-order valence-corrected chi connectivity index (χ3v) is 7.40. The summed E-state index contributed by atoms with van der Waals surface area (Å²) < 4.78 is 17.5. The molecule has 2 amide bonds. The monoisotopic (exact) mass is 564 g/mol. The Morgan fingerprint density at radius 2 is 1.68 bits per heavy atom. The number of carbonyl (C=O) groups excluding carboxylic acids is 2. The van der Waals surface area contributed by atoms with Gasteiger partial charge in [-0.05, 0) is 50.1 Å². The minimum Gasteiger partial charge on any atom is -0.496 e. The third-order valence-electron chi connectivity index (χ3n) is 7.40. The fraction of sp³-hybridized carbons (Fsp3) is 0.414. The summed E-state index contributed by atoms with van der Waals surface area (Å²) in [5.41, 5.74) is 2.98. The summed E-state index contributed by atoms with van der Waals surface area (Å²) in [5, 5.41) is 3.10. The number of aromatic nitrogens is 3. The van der Waals surface area contributed by atoms with Crippen molar-refractivity contribution in [2.75, 3.05) is 59.4 Å². The molecule has 0 atom stereocenters. The molecule has 1 aliphatic heterocycles. The molecular weight excluding hydrogens is 528 g/mol. The number of amides is 2. The number of hydrogen-bond donors (Lipinski definition) is 1. The number of nitrogens with zero attached hydrogens (tertiary/aromatic N) is 5. The lowest BCUT2D eigenvalue weighted by molar-refractivity contribution is -0.127. The molecular formula is C29H36N6O6. The van der Waals surface area contributed by atoms with Crippen LogP contribution in [-0.4, -0.2) is 90.4 Å². The maximum Gasteiger partial charge on any atom is 0.413 e. The molecule has 12 nitrogen and oxygen atoms in total. The Morgan fingerprint density at radius 3 is 2.27 bits per heavy atom. The average Bonchev–Trinajstić information content (AvgIpc) is 2.98. The molecule has 3 aromatic rings. The van der Waals surface area contributed by atoms with Crippen molar-refractivity contribution in [2.45, 2.75) is 26.8 Å². The van der Waals surface area contributed by atoms with Gasteiger partial charge in [-0.15, -0.1) is 0 Å². The number of hydrogen-bond acceptors (Lipinski definition) is 9. The van der Waals surface area contributed by atoms with Crippen LogP contribution < -0.4 is 20.3 Å². The number of pyridine rings is 1. The fourth-order valence-corrected chi connectivity index (χ4v) is 5.21. The van der Waals surface area contributed by atoms with Gasteiger partial charge in [0.2, 0.25) is 11.9 Å². The Bertz CT molecular complexity index is 1500. The van der Waals surface area contributed by atoms with Crippen LogP contribution in [0.5, 0.6) is 11.5 Å². The van der Waals surface area contributed by atoms with E-state index in [2.05, 4.69) is 31.5 Å². The van der Waals surface area contributed by atoms with Gasteiger partial charge in [0.15, 0.2) is 0 Å². The molecule has 218 valence electrons. The lowest BCUT2D eigenvalue weighted by Crippen LogP contribution is -2.48. The molecule has 41 heavy (non-hydrogen) atoms. The summed E-state index contributed by atoms with van der Waals surface area (Å²) in [6.45, 7) is 11.2. The number of anilines is 1. The molecule has 1 fully saturated rings. The molecule has 0 bridgehead atoms. The quantitative estimate of drug-likeness (QED) is 0.390. The van der Waals surface area contributed by atoms with E-state index in [4.69, 9.17) is 9.47 Å². The Labute approximate surface area is 238 Å². The van der Waals surface area contributed by atoms with Gasteiger partial charge in [-0.2, -0.15) is 4.98 Å². The Balaban J connectivity index is 1.73. The fourth-order valence-electron chi connectivity index (χ4n) is 5.21. The number of ether oxygens (including phenoxy) is 3. The van der Waals surface area contributed by atoms with Gasteiger partial charge in [0.05, 0.1) is 21.3 Å². The van der Waals surface area contributed by atoms with Crippen LogP contribution in [0.4, 0.5) is 10.7 Å². The highest BCUT2D eigenvalue weighted by Gasteiger charge is 2.22. The second-order valence-corrected chi connectivity index (χ2v) is 9.73. The van der Waals surface area contributed by atoms with Gasteiger partial charge in [-0.25, -0.2) is 9.78 Å². The molecule has 1 aliphatic rings. The molecule has 1 N–H and O–H groups in total. The second kappa shape index (κ2) is 12.8. The van der Waals surface area contributed by atoms with Gasteiger partial charge >= 0.3 is 6.09 Å². The summed E-state index contributed by atoms with van der Waals surface area (Å²) in [5.74, 6) is 1.19. The first-order valence-electron chi connectivity index (χ1n) is 13.3. The highest BCUT2D eigenvalue weighted by molar-refractivity contribution is 5.87. The first-order chi connectivity index (χ1) is 19.7. The van der Waals surface area contributed by atoms with Crippen molar-refractivity contribution in [3.05, 3.63) is 52.5 Å². The van der Waals surface area contributed by atoms with E-state index in [-0.39, 0.29) is 17.4 Å². The number of piperazine rings is 1. The molecule has 12 heteroatoms. The van der Waals surface area contributed by atoms with Crippen LogP contribution in [0, 0.1) is 13.8 Å². The van der Waals surface area contributed by atoms with E-state index in [0.717, 1.165) is 36.3 Å². The average molecular weight is 565 g/mol. The normalized spacial score (nSPS) is 13.6. The van der Waals surface area contributed by atoms with Crippen molar-refractivity contribution in [1.29, 1.82) is 0 Å². The van der Waals surface area contributed by atoms with Crippen LogP contribution in [0.3, 0.4) is 0 Å². The van der Waals surface area contributed by atoms with Gasteiger partial charge in [0.1, 0.15) is 17.1 Å². The molecule has 0 saturated carbocycles. The Kier molecular flexibility index (Phi) is 9.23. The highest BCUT2D eigenvalue weighted by Crippen LogP contribution is 2.38. The molecule has 3 heterocycles. The summed E-state index contributed by atoms with van der Waals surface area (Å²) in [4.78, 5) is 50.7. The summed E-state index contributed by atoms with van der Waals surface area (Å²) in [7, 11) is 4.41. The van der Waals surface area contributed by atoms with Crippen molar-refractivity contribution in [3.8, 4) is 22.6 Å².